The first-order valence-electron chi connectivity index (χ1n) is 5.98. The number of halogens is 1. The Balaban J connectivity index is 1.73. The van der Waals surface area contributed by atoms with Crippen LogP contribution in [0.3, 0.4) is 0 Å². The van der Waals surface area contributed by atoms with Crippen molar-refractivity contribution >= 4 is 17.5 Å². The van der Waals surface area contributed by atoms with Gasteiger partial charge < -0.3 is 10.6 Å². The fraction of sp³-hybridized carbons (Fsp3) is 0.462. The van der Waals surface area contributed by atoms with Crippen molar-refractivity contribution in [3.8, 4) is 0 Å². The van der Waals surface area contributed by atoms with Crippen LogP contribution in [0, 0.1) is 0 Å². The van der Waals surface area contributed by atoms with Crippen LogP contribution in [0.5, 0.6) is 0 Å². The van der Waals surface area contributed by atoms with Gasteiger partial charge in [0, 0.05) is 24.0 Å². The van der Waals surface area contributed by atoms with Gasteiger partial charge in [0.2, 0.25) is 5.91 Å². The van der Waals surface area contributed by atoms with Crippen molar-refractivity contribution in [2.24, 2.45) is 0 Å². The van der Waals surface area contributed by atoms with E-state index in [1.165, 1.54) is 6.42 Å². The van der Waals surface area contributed by atoms with Gasteiger partial charge in [0.25, 0.3) is 0 Å². The van der Waals surface area contributed by atoms with Crippen LogP contribution in [0.15, 0.2) is 24.3 Å². The van der Waals surface area contributed by atoms with Gasteiger partial charge in [-0.05, 0) is 37.1 Å². The van der Waals surface area contributed by atoms with E-state index in [-0.39, 0.29) is 5.91 Å². The quantitative estimate of drug-likeness (QED) is 0.862. The third-order valence-corrected chi connectivity index (χ3v) is 3.25. The van der Waals surface area contributed by atoms with Crippen molar-refractivity contribution in [1.29, 1.82) is 0 Å². The Morgan fingerprint density at radius 3 is 2.82 bits per heavy atom. The average Bonchev–Trinajstić information content (AvgIpc) is 2.81. The summed E-state index contributed by atoms with van der Waals surface area (Å²) in [5.74, 6) is 0.111. The van der Waals surface area contributed by atoms with Crippen LogP contribution in [-0.4, -0.2) is 18.5 Å². The molecule has 1 aliphatic rings. The molecule has 2 N–H and O–H groups in total. The molecule has 1 atom stereocenters. The summed E-state index contributed by atoms with van der Waals surface area (Å²) in [4.78, 5) is 11.7. The third kappa shape index (κ3) is 4.02. The Bertz CT molecular complexity index is 372. The van der Waals surface area contributed by atoms with Crippen LogP contribution in [-0.2, 0) is 11.3 Å². The lowest BCUT2D eigenvalue weighted by atomic mass is 10.1. The molecule has 0 radical (unpaired) electrons. The molecule has 92 valence electrons. The molecular weight excluding hydrogens is 236 g/mol. The minimum atomic E-state index is 0.111. The van der Waals surface area contributed by atoms with Crippen LogP contribution in [0.1, 0.15) is 24.8 Å². The fourth-order valence-corrected chi connectivity index (χ4v) is 2.16. The molecular formula is C13H17ClN2O. The molecule has 0 spiro atoms. The summed E-state index contributed by atoms with van der Waals surface area (Å²) >= 11 is 5.79. The highest BCUT2D eigenvalue weighted by molar-refractivity contribution is 6.30. The number of amides is 1. The molecule has 0 bridgehead atoms. The maximum atomic E-state index is 11.7. The zero-order valence-corrected chi connectivity index (χ0v) is 10.5. The van der Waals surface area contributed by atoms with E-state index in [2.05, 4.69) is 10.6 Å². The number of carbonyl (C=O) groups excluding carboxylic acids is 1. The van der Waals surface area contributed by atoms with Crippen LogP contribution >= 0.6 is 11.6 Å². The molecule has 1 aromatic carbocycles. The van der Waals surface area contributed by atoms with Crippen molar-refractivity contribution < 1.29 is 4.79 Å². The minimum absolute atomic E-state index is 0.111. The number of hydrogen-bond donors (Lipinski definition) is 2. The van der Waals surface area contributed by atoms with E-state index in [9.17, 15) is 4.79 Å². The smallest absolute Gasteiger partial charge is 0.221 e. The third-order valence-electron chi connectivity index (χ3n) is 3.00. The zero-order chi connectivity index (χ0) is 12.1. The SMILES string of the molecule is O=C(CC1CCCN1)NCc1ccc(Cl)cc1. The highest BCUT2D eigenvalue weighted by Gasteiger charge is 2.17. The average molecular weight is 253 g/mol. The number of rotatable bonds is 4. The van der Waals surface area contributed by atoms with Crippen LogP contribution in [0.2, 0.25) is 5.02 Å². The second kappa shape index (κ2) is 6.03. The Labute approximate surface area is 107 Å². The van der Waals surface area contributed by atoms with E-state index in [1.807, 2.05) is 24.3 Å². The standard InChI is InChI=1S/C13H17ClN2O/c14-11-5-3-10(4-6-11)9-16-13(17)8-12-2-1-7-15-12/h3-6,12,15H,1-2,7-9H2,(H,16,17). The fourth-order valence-electron chi connectivity index (χ4n) is 2.03. The van der Waals surface area contributed by atoms with E-state index >= 15 is 0 Å². The Kier molecular flexibility index (Phi) is 4.40. The first-order chi connectivity index (χ1) is 8.24. The van der Waals surface area contributed by atoms with Gasteiger partial charge in [0.15, 0.2) is 0 Å². The maximum absolute atomic E-state index is 11.7. The van der Waals surface area contributed by atoms with Crippen LogP contribution < -0.4 is 10.6 Å². The van der Waals surface area contributed by atoms with E-state index in [0.717, 1.165) is 23.6 Å². The molecule has 4 heteroatoms. The Hall–Kier alpha value is -1.06. The van der Waals surface area contributed by atoms with Crippen molar-refractivity contribution in [1.82, 2.24) is 10.6 Å². The summed E-state index contributed by atoms with van der Waals surface area (Å²) < 4.78 is 0. The summed E-state index contributed by atoms with van der Waals surface area (Å²) in [6.07, 6.45) is 2.86. The number of nitrogens with one attached hydrogen (secondary N) is 2. The summed E-state index contributed by atoms with van der Waals surface area (Å²) in [5, 5.41) is 6.96. The molecule has 1 saturated heterocycles. The van der Waals surface area contributed by atoms with E-state index < -0.39 is 0 Å². The predicted octanol–water partition coefficient (Wildman–Crippen LogP) is 2.10. The highest BCUT2D eigenvalue weighted by Crippen LogP contribution is 2.10. The van der Waals surface area contributed by atoms with Crippen LogP contribution in [0.25, 0.3) is 0 Å². The lowest BCUT2D eigenvalue weighted by molar-refractivity contribution is -0.121. The second-order valence-electron chi connectivity index (χ2n) is 4.40. The molecule has 3 nitrogen and oxygen atoms in total. The molecule has 17 heavy (non-hydrogen) atoms. The summed E-state index contributed by atoms with van der Waals surface area (Å²) in [5.41, 5.74) is 1.07. The summed E-state index contributed by atoms with van der Waals surface area (Å²) in [7, 11) is 0. The number of hydrogen-bond acceptors (Lipinski definition) is 2. The topological polar surface area (TPSA) is 41.1 Å². The van der Waals surface area contributed by atoms with Gasteiger partial charge in [-0.25, -0.2) is 0 Å². The predicted molar refractivity (Wildman–Crippen MR) is 68.9 cm³/mol. The lowest BCUT2D eigenvalue weighted by Crippen LogP contribution is -2.31. The van der Waals surface area contributed by atoms with Gasteiger partial charge in [0.05, 0.1) is 0 Å². The maximum Gasteiger partial charge on any atom is 0.221 e. The first-order valence-corrected chi connectivity index (χ1v) is 6.36. The van der Waals surface area contributed by atoms with Gasteiger partial charge >= 0.3 is 0 Å². The van der Waals surface area contributed by atoms with Crippen molar-refractivity contribution in [3.05, 3.63) is 34.9 Å². The summed E-state index contributed by atoms with van der Waals surface area (Å²) in [6, 6.07) is 7.89. The molecule has 1 aliphatic heterocycles. The molecule has 0 saturated carbocycles. The van der Waals surface area contributed by atoms with Crippen LogP contribution in [0.4, 0.5) is 0 Å². The van der Waals surface area contributed by atoms with E-state index in [0.29, 0.717) is 19.0 Å². The normalized spacial score (nSPS) is 19.2. The molecule has 2 rings (SSSR count). The molecule has 1 heterocycles. The van der Waals surface area contributed by atoms with Gasteiger partial charge in [0.1, 0.15) is 0 Å². The number of benzene rings is 1. The van der Waals surface area contributed by atoms with Gasteiger partial charge in [-0.15, -0.1) is 0 Å². The molecule has 0 aromatic heterocycles. The highest BCUT2D eigenvalue weighted by atomic mass is 35.5. The summed E-state index contributed by atoms with van der Waals surface area (Å²) in [6.45, 7) is 1.61. The number of carbonyl (C=O) groups is 1. The first kappa shape index (κ1) is 12.4. The molecule has 0 aliphatic carbocycles. The van der Waals surface area contributed by atoms with E-state index in [4.69, 9.17) is 11.6 Å². The lowest BCUT2D eigenvalue weighted by Gasteiger charge is -2.10. The van der Waals surface area contributed by atoms with E-state index in [1.54, 1.807) is 0 Å². The monoisotopic (exact) mass is 252 g/mol. The van der Waals surface area contributed by atoms with Crippen molar-refractivity contribution in [2.75, 3.05) is 6.54 Å². The second-order valence-corrected chi connectivity index (χ2v) is 4.84. The van der Waals surface area contributed by atoms with Gasteiger partial charge in [-0.3, -0.25) is 4.79 Å². The van der Waals surface area contributed by atoms with Crippen molar-refractivity contribution in [2.45, 2.75) is 31.8 Å². The zero-order valence-electron chi connectivity index (χ0n) is 9.71. The van der Waals surface area contributed by atoms with Gasteiger partial charge in [-0.2, -0.15) is 0 Å². The molecule has 1 fully saturated rings. The van der Waals surface area contributed by atoms with Gasteiger partial charge in [-0.1, -0.05) is 23.7 Å². The largest absolute Gasteiger partial charge is 0.352 e. The Morgan fingerprint density at radius 2 is 2.18 bits per heavy atom. The van der Waals surface area contributed by atoms with Crippen molar-refractivity contribution in [3.63, 3.8) is 0 Å². The molecule has 1 aromatic rings. The minimum Gasteiger partial charge on any atom is -0.352 e. The Morgan fingerprint density at radius 1 is 1.41 bits per heavy atom. The molecule has 1 amide bonds. The molecule has 1 unspecified atom stereocenters.